The van der Waals surface area contributed by atoms with E-state index in [9.17, 15) is 9.59 Å². The van der Waals surface area contributed by atoms with Gasteiger partial charge in [-0.3, -0.25) is 9.59 Å². The van der Waals surface area contributed by atoms with E-state index in [0.29, 0.717) is 12.5 Å². The zero-order chi connectivity index (χ0) is 11.6. The van der Waals surface area contributed by atoms with Crippen molar-refractivity contribution >= 4 is 11.8 Å². The number of rotatable bonds is 3. The summed E-state index contributed by atoms with van der Waals surface area (Å²) >= 11 is 0. The van der Waals surface area contributed by atoms with E-state index in [-0.39, 0.29) is 18.4 Å². The van der Waals surface area contributed by atoms with Gasteiger partial charge in [-0.25, -0.2) is 0 Å². The van der Waals surface area contributed by atoms with Crippen LogP contribution in [0.15, 0.2) is 0 Å². The van der Waals surface area contributed by atoms with Crippen LogP contribution in [0.4, 0.5) is 0 Å². The van der Waals surface area contributed by atoms with Gasteiger partial charge in [0.2, 0.25) is 11.8 Å². The first-order valence-electron chi connectivity index (χ1n) is 5.47. The van der Waals surface area contributed by atoms with Crippen LogP contribution in [0.3, 0.4) is 0 Å². The van der Waals surface area contributed by atoms with Crippen molar-refractivity contribution in [1.82, 2.24) is 10.2 Å². The third-order valence-electron chi connectivity index (χ3n) is 2.84. The standard InChI is InChI=1S/C11H20N2O2/c1-5-8(2)6-13-7-9(14)12-11(3,4)10(13)15/h8H,5-7H2,1-4H3,(H,12,14). The van der Waals surface area contributed by atoms with Gasteiger partial charge in [-0.1, -0.05) is 20.3 Å². The normalized spacial score (nSPS) is 22.5. The molecule has 1 aliphatic rings. The van der Waals surface area contributed by atoms with E-state index < -0.39 is 5.54 Å². The first-order valence-corrected chi connectivity index (χ1v) is 5.47. The van der Waals surface area contributed by atoms with E-state index in [1.807, 2.05) is 0 Å². The van der Waals surface area contributed by atoms with Gasteiger partial charge < -0.3 is 10.2 Å². The summed E-state index contributed by atoms with van der Waals surface area (Å²) in [6, 6.07) is 0. The van der Waals surface area contributed by atoms with E-state index in [2.05, 4.69) is 19.2 Å². The summed E-state index contributed by atoms with van der Waals surface area (Å²) in [6.45, 7) is 8.54. The minimum Gasteiger partial charge on any atom is -0.341 e. The third kappa shape index (κ3) is 2.70. The number of amides is 2. The minimum atomic E-state index is -0.747. The number of hydrogen-bond donors (Lipinski definition) is 1. The van der Waals surface area contributed by atoms with Crippen LogP contribution >= 0.6 is 0 Å². The van der Waals surface area contributed by atoms with Crippen molar-refractivity contribution in [1.29, 1.82) is 0 Å². The van der Waals surface area contributed by atoms with Gasteiger partial charge in [0.15, 0.2) is 0 Å². The van der Waals surface area contributed by atoms with Crippen molar-refractivity contribution in [3.8, 4) is 0 Å². The molecule has 0 aromatic carbocycles. The molecule has 0 aromatic rings. The fourth-order valence-electron chi connectivity index (χ4n) is 1.73. The van der Waals surface area contributed by atoms with E-state index in [1.54, 1.807) is 18.7 Å². The average molecular weight is 212 g/mol. The largest absolute Gasteiger partial charge is 0.341 e. The summed E-state index contributed by atoms with van der Waals surface area (Å²) in [6.07, 6.45) is 1.02. The van der Waals surface area contributed by atoms with Gasteiger partial charge in [0, 0.05) is 6.54 Å². The maximum atomic E-state index is 12.0. The van der Waals surface area contributed by atoms with Gasteiger partial charge >= 0.3 is 0 Å². The molecule has 86 valence electrons. The average Bonchev–Trinajstić information content (AvgIpc) is 2.12. The highest BCUT2D eigenvalue weighted by molar-refractivity contribution is 5.97. The van der Waals surface area contributed by atoms with Gasteiger partial charge in [-0.2, -0.15) is 0 Å². The maximum absolute atomic E-state index is 12.0. The summed E-state index contributed by atoms with van der Waals surface area (Å²) < 4.78 is 0. The quantitative estimate of drug-likeness (QED) is 0.751. The molecule has 0 bridgehead atoms. The molecule has 0 aromatic heterocycles. The molecule has 15 heavy (non-hydrogen) atoms. The number of nitrogens with zero attached hydrogens (tertiary/aromatic N) is 1. The minimum absolute atomic E-state index is 0.0161. The van der Waals surface area contributed by atoms with E-state index in [0.717, 1.165) is 6.42 Å². The number of carbonyl (C=O) groups is 2. The molecule has 1 N–H and O–H groups in total. The summed E-state index contributed by atoms with van der Waals surface area (Å²) in [4.78, 5) is 25.0. The first kappa shape index (κ1) is 12.0. The number of piperazine rings is 1. The van der Waals surface area contributed by atoms with Gasteiger partial charge in [-0.05, 0) is 19.8 Å². The van der Waals surface area contributed by atoms with Gasteiger partial charge in [0.05, 0.1) is 6.54 Å². The van der Waals surface area contributed by atoms with E-state index in [1.165, 1.54) is 0 Å². The van der Waals surface area contributed by atoms with Crippen LogP contribution in [0, 0.1) is 5.92 Å². The van der Waals surface area contributed by atoms with Crippen LogP contribution in [0.25, 0.3) is 0 Å². The van der Waals surface area contributed by atoms with Crippen LogP contribution in [-0.4, -0.2) is 35.3 Å². The van der Waals surface area contributed by atoms with Crippen LogP contribution < -0.4 is 5.32 Å². The van der Waals surface area contributed by atoms with Crippen molar-refractivity contribution in [3.05, 3.63) is 0 Å². The van der Waals surface area contributed by atoms with E-state index >= 15 is 0 Å². The second-order valence-electron chi connectivity index (χ2n) is 4.87. The predicted molar refractivity (Wildman–Crippen MR) is 58.3 cm³/mol. The van der Waals surface area contributed by atoms with Crippen LogP contribution in [0.5, 0.6) is 0 Å². The molecule has 1 unspecified atom stereocenters. The number of carbonyl (C=O) groups excluding carboxylic acids is 2. The van der Waals surface area contributed by atoms with Gasteiger partial charge in [-0.15, -0.1) is 0 Å². The first-order chi connectivity index (χ1) is 6.86. The van der Waals surface area contributed by atoms with Crippen molar-refractivity contribution in [2.24, 2.45) is 5.92 Å². The molecule has 1 saturated heterocycles. The molecule has 1 heterocycles. The maximum Gasteiger partial charge on any atom is 0.248 e. The summed E-state index contributed by atoms with van der Waals surface area (Å²) in [5, 5.41) is 2.70. The Kier molecular flexibility index (Phi) is 3.37. The highest BCUT2D eigenvalue weighted by atomic mass is 16.2. The van der Waals surface area contributed by atoms with Crippen LogP contribution in [0.2, 0.25) is 0 Å². The molecule has 4 nitrogen and oxygen atoms in total. The van der Waals surface area contributed by atoms with Crippen molar-refractivity contribution in [2.45, 2.75) is 39.7 Å². The molecule has 0 saturated carbocycles. The van der Waals surface area contributed by atoms with Crippen molar-refractivity contribution in [2.75, 3.05) is 13.1 Å². The lowest BCUT2D eigenvalue weighted by molar-refractivity contribution is -0.148. The molecule has 1 aliphatic heterocycles. The Balaban J connectivity index is 2.71. The summed E-state index contributed by atoms with van der Waals surface area (Å²) in [5.41, 5.74) is -0.747. The Morgan fingerprint density at radius 3 is 2.60 bits per heavy atom. The highest BCUT2D eigenvalue weighted by Crippen LogP contribution is 2.15. The lowest BCUT2D eigenvalue weighted by Crippen LogP contribution is -2.64. The molecule has 2 amide bonds. The second-order valence-corrected chi connectivity index (χ2v) is 4.87. The topological polar surface area (TPSA) is 49.4 Å². The van der Waals surface area contributed by atoms with Crippen LogP contribution in [-0.2, 0) is 9.59 Å². The Morgan fingerprint density at radius 2 is 2.07 bits per heavy atom. The van der Waals surface area contributed by atoms with Crippen LogP contribution in [0.1, 0.15) is 34.1 Å². The van der Waals surface area contributed by atoms with Crippen molar-refractivity contribution in [3.63, 3.8) is 0 Å². The Labute approximate surface area is 91.0 Å². The molecular weight excluding hydrogens is 192 g/mol. The van der Waals surface area contributed by atoms with Gasteiger partial charge in [0.25, 0.3) is 0 Å². The fraction of sp³-hybridized carbons (Fsp3) is 0.818. The molecular formula is C11H20N2O2. The lowest BCUT2D eigenvalue weighted by atomic mass is 9.99. The monoisotopic (exact) mass is 212 g/mol. The molecule has 1 atom stereocenters. The SMILES string of the molecule is CCC(C)CN1CC(=O)NC(C)(C)C1=O. The summed E-state index contributed by atoms with van der Waals surface area (Å²) in [7, 11) is 0. The molecule has 0 radical (unpaired) electrons. The zero-order valence-corrected chi connectivity index (χ0v) is 9.96. The Bertz CT molecular complexity index is 274. The van der Waals surface area contributed by atoms with Gasteiger partial charge in [0.1, 0.15) is 5.54 Å². The number of hydrogen-bond acceptors (Lipinski definition) is 2. The lowest BCUT2D eigenvalue weighted by Gasteiger charge is -2.38. The predicted octanol–water partition coefficient (Wildman–Crippen LogP) is 0.769. The highest BCUT2D eigenvalue weighted by Gasteiger charge is 2.39. The molecule has 1 rings (SSSR count). The molecule has 0 spiro atoms. The van der Waals surface area contributed by atoms with E-state index in [4.69, 9.17) is 0 Å². The summed E-state index contributed by atoms with van der Waals surface area (Å²) in [5.74, 6) is 0.390. The Morgan fingerprint density at radius 1 is 1.47 bits per heavy atom. The second kappa shape index (κ2) is 4.21. The molecule has 1 fully saturated rings. The number of nitrogens with one attached hydrogen (secondary N) is 1. The third-order valence-corrected chi connectivity index (χ3v) is 2.84. The molecule has 0 aliphatic carbocycles. The molecule has 4 heteroatoms. The zero-order valence-electron chi connectivity index (χ0n) is 9.96. The van der Waals surface area contributed by atoms with Crippen molar-refractivity contribution < 1.29 is 9.59 Å². The Hall–Kier alpha value is -1.06. The smallest absolute Gasteiger partial charge is 0.248 e. The fourth-order valence-corrected chi connectivity index (χ4v) is 1.73.